The van der Waals surface area contributed by atoms with Crippen molar-refractivity contribution in [1.29, 1.82) is 0 Å². The number of thiazole rings is 1. The summed E-state index contributed by atoms with van der Waals surface area (Å²) in [6, 6.07) is 15.0. The van der Waals surface area contributed by atoms with Crippen molar-refractivity contribution in [1.82, 2.24) is 4.98 Å². The first kappa shape index (κ1) is 30.2. The molecule has 0 bridgehead atoms. The van der Waals surface area contributed by atoms with E-state index in [1.807, 2.05) is 6.07 Å². The zero-order chi connectivity index (χ0) is 27.5. The van der Waals surface area contributed by atoms with Crippen LogP contribution in [0.15, 0.2) is 64.0 Å². The number of hydrogen-bond donors (Lipinski definition) is 1. The number of unbranched alkanes of at least 4 members (excludes halogenated alkanes) is 3. The van der Waals surface area contributed by atoms with E-state index in [2.05, 4.69) is 79.6 Å². The molecule has 1 saturated carbocycles. The van der Waals surface area contributed by atoms with Crippen LogP contribution in [0.3, 0.4) is 0 Å². The molecular formula is C34H48N2OSSn. The van der Waals surface area contributed by atoms with E-state index < -0.39 is 18.4 Å². The SMILES string of the molecule is CCC[CH2][Sn](/[CH]=C/CNc1ccc(-c2nc3ccc(OC(C)=C4CCC4)cc3s2)cc1)([CH2]CCC)[CH2]CCC. The Hall–Kier alpha value is -1.79. The molecule has 4 rings (SSSR count). The van der Waals surface area contributed by atoms with Crippen LogP contribution < -0.4 is 10.1 Å². The van der Waals surface area contributed by atoms with Gasteiger partial charge in [0, 0.05) is 0 Å². The number of allylic oxidation sites excluding steroid dienone is 2. The molecular weight excluding hydrogens is 603 g/mol. The van der Waals surface area contributed by atoms with Crippen LogP contribution in [-0.2, 0) is 0 Å². The topological polar surface area (TPSA) is 34.2 Å². The Kier molecular flexibility index (Phi) is 11.8. The first-order valence-electron chi connectivity index (χ1n) is 15.3. The van der Waals surface area contributed by atoms with Gasteiger partial charge in [-0.1, -0.05) is 0 Å². The molecule has 1 N–H and O–H groups in total. The van der Waals surface area contributed by atoms with Crippen LogP contribution in [0.5, 0.6) is 5.75 Å². The van der Waals surface area contributed by atoms with E-state index in [4.69, 9.17) is 9.72 Å². The second kappa shape index (κ2) is 15.3. The van der Waals surface area contributed by atoms with Crippen LogP contribution >= 0.6 is 11.3 Å². The molecule has 1 aromatic heterocycles. The third-order valence-electron chi connectivity index (χ3n) is 8.20. The number of rotatable bonds is 16. The molecule has 39 heavy (non-hydrogen) atoms. The molecule has 2 aromatic carbocycles. The van der Waals surface area contributed by atoms with Crippen LogP contribution in [0.25, 0.3) is 20.8 Å². The Morgan fingerprint density at radius 1 is 0.949 bits per heavy atom. The summed E-state index contributed by atoms with van der Waals surface area (Å²) in [5.74, 6) is 1.98. The molecule has 0 atom stereocenters. The van der Waals surface area contributed by atoms with Crippen LogP contribution in [0, 0.1) is 0 Å². The number of ether oxygens (including phenoxy) is 1. The molecule has 3 nitrogen and oxygen atoms in total. The zero-order valence-corrected chi connectivity index (χ0v) is 28.3. The van der Waals surface area contributed by atoms with E-state index in [0.29, 0.717) is 0 Å². The fourth-order valence-electron chi connectivity index (χ4n) is 5.47. The third-order valence-corrected chi connectivity index (χ3v) is 23.5. The summed E-state index contributed by atoms with van der Waals surface area (Å²) in [5, 5.41) is 4.70. The second-order valence-corrected chi connectivity index (χ2v) is 25.3. The molecule has 0 unspecified atom stereocenters. The van der Waals surface area contributed by atoms with Crippen molar-refractivity contribution in [2.75, 3.05) is 11.9 Å². The molecule has 1 aliphatic rings. The van der Waals surface area contributed by atoms with Gasteiger partial charge in [0.05, 0.1) is 0 Å². The minimum atomic E-state index is -2.19. The molecule has 1 heterocycles. The summed E-state index contributed by atoms with van der Waals surface area (Å²) in [5.41, 5.74) is 4.83. The van der Waals surface area contributed by atoms with Gasteiger partial charge in [0.1, 0.15) is 11.5 Å². The van der Waals surface area contributed by atoms with Crippen LogP contribution in [0.1, 0.15) is 85.5 Å². The standard InChI is InChI=1S/C22H21N2OS.3C4H9.Sn/c1-3-13-23-18-9-7-17(8-10-18)22-24-20-12-11-19(14-21(20)26-22)25-15(2)16-5-4-6-16;3*1-3-4-2;/h1,3,7-12,14,23H,4-6,13H2,2H3;3*1,3-4H2,2H3;. The molecule has 0 aliphatic heterocycles. The number of anilines is 1. The molecule has 0 radical (unpaired) electrons. The van der Waals surface area contributed by atoms with Gasteiger partial charge in [-0.3, -0.25) is 0 Å². The van der Waals surface area contributed by atoms with Crippen molar-refractivity contribution in [2.45, 2.75) is 98.8 Å². The fraction of sp³-hybridized carbons (Fsp3) is 0.500. The molecule has 0 saturated heterocycles. The van der Waals surface area contributed by atoms with Crippen LogP contribution in [0.2, 0.25) is 13.3 Å². The quantitative estimate of drug-likeness (QED) is 0.124. The number of nitrogens with zero attached hydrogens (tertiary/aromatic N) is 1. The molecule has 0 spiro atoms. The van der Waals surface area contributed by atoms with Crippen molar-refractivity contribution < 1.29 is 4.74 Å². The molecule has 0 amide bonds. The summed E-state index contributed by atoms with van der Waals surface area (Å²) in [6.45, 7) is 10.1. The Labute approximate surface area is 245 Å². The molecule has 1 aliphatic carbocycles. The van der Waals surface area contributed by atoms with E-state index in [1.54, 1.807) is 11.3 Å². The first-order chi connectivity index (χ1) is 19.1. The number of benzene rings is 2. The second-order valence-electron chi connectivity index (χ2n) is 11.3. The Bertz CT molecular complexity index is 1220. The normalized spacial score (nSPS) is 13.7. The van der Waals surface area contributed by atoms with Gasteiger partial charge in [0.2, 0.25) is 0 Å². The number of nitrogens with one attached hydrogen (secondary N) is 1. The summed E-state index contributed by atoms with van der Waals surface area (Å²) in [6.07, 6.45) is 14.4. The van der Waals surface area contributed by atoms with Gasteiger partial charge in [-0.05, 0) is 37.8 Å². The van der Waals surface area contributed by atoms with Gasteiger partial charge in [-0.15, -0.1) is 0 Å². The maximum atomic E-state index is 6.13. The van der Waals surface area contributed by atoms with E-state index >= 15 is 0 Å². The maximum absolute atomic E-state index is 6.13. The molecule has 3 aromatic rings. The predicted molar refractivity (Wildman–Crippen MR) is 175 cm³/mol. The van der Waals surface area contributed by atoms with Crippen LogP contribution in [-0.4, -0.2) is 29.9 Å². The van der Waals surface area contributed by atoms with Gasteiger partial charge in [0.15, 0.2) is 0 Å². The van der Waals surface area contributed by atoms with Gasteiger partial charge >= 0.3 is 192 Å². The van der Waals surface area contributed by atoms with Gasteiger partial charge < -0.3 is 4.74 Å². The monoisotopic (exact) mass is 652 g/mol. The van der Waals surface area contributed by atoms with Crippen molar-refractivity contribution in [2.24, 2.45) is 0 Å². The predicted octanol–water partition coefficient (Wildman–Crippen LogP) is 11.2. The Morgan fingerprint density at radius 2 is 1.62 bits per heavy atom. The van der Waals surface area contributed by atoms with Gasteiger partial charge in [0.25, 0.3) is 0 Å². The molecule has 210 valence electrons. The Morgan fingerprint density at radius 3 is 2.21 bits per heavy atom. The average molecular weight is 652 g/mol. The third kappa shape index (κ3) is 8.60. The van der Waals surface area contributed by atoms with E-state index in [9.17, 15) is 0 Å². The first-order valence-corrected chi connectivity index (χ1v) is 23.9. The molecule has 5 heteroatoms. The summed E-state index contributed by atoms with van der Waals surface area (Å²) < 4.78 is 14.7. The minimum absolute atomic E-state index is 0.912. The fourth-order valence-corrected chi connectivity index (χ4v) is 20.9. The van der Waals surface area contributed by atoms with E-state index in [1.165, 1.54) is 92.6 Å². The van der Waals surface area contributed by atoms with Crippen molar-refractivity contribution >= 4 is 45.6 Å². The number of hydrogen-bond acceptors (Lipinski definition) is 4. The van der Waals surface area contributed by atoms with Gasteiger partial charge in [-0.25, -0.2) is 0 Å². The number of aromatic nitrogens is 1. The summed E-state index contributed by atoms with van der Waals surface area (Å²) in [4.78, 5) is 4.90. The van der Waals surface area contributed by atoms with Crippen molar-refractivity contribution in [3.05, 3.63) is 64.0 Å². The average Bonchev–Trinajstić information content (AvgIpc) is 3.34. The van der Waals surface area contributed by atoms with Gasteiger partial charge in [-0.2, -0.15) is 0 Å². The summed E-state index contributed by atoms with van der Waals surface area (Å²) >= 11 is -0.454. The zero-order valence-electron chi connectivity index (χ0n) is 24.7. The Balaban J connectivity index is 1.37. The molecule has 1 fully saturated rings. The summed E-state index contributed by atoms with van der Waals surface area (Å²) in [7, 11) is 0. The van der Waals surface area contributed by atoms with Crippen molar-refractivity contribution in [3.63, 3.8) is 0 Å². The van der Waals surface area contributed by atoms with Crippen molar-refractivity contribution in [3.8, 4) is 16.3 Å². The van der Waals surface area contributed by atoms with E-state index in [0.717, 1.165) is 28.6 Å². The van der Waals surface area contributed by atoms with E-state index in [-0.39, 0.29) is 0 Å². The number of fused-ring (bicyclic) bond motifs is 1. The van der Waals surface area contributed by atoms with Crippen LogP contribution in [0.4, 0.5) is 5.69 Å².